The molecule has 0 amide bonds. The summed E-state index contributed by atoms with van der Waals surface area (Å²) in [6.07, 6.45) is -0.280. The van der Waals surface area contributed by atoms with Crippen molar-refractivity contribution in [2.75, 3.05) is 11.8 Å². The van der Waals surface area contributed by atoms with E-state index in [4.69, 9.17) is 9.84 Å². The van der Waals surface area contributed by atoms with E-state index in [0.29, 0.717) is 11.3 Å². The molecule has 0 aliphatic rings. The van der Waals surface area contributed by atoms with Gasteiger partial charge in [0, 0.05) is 0 Å². The van der Waals surface area contributed by atoms with Gasteiger partial charge in [-0.2, -0.15) is 0 Å². The van der Waals surface area contributed by atoms with E-state index in [1.807, 2.05) is 0 Å². The van der Waals surface area contributed by atoms with Gasteiger partial charge in [-0.1, -0.05) is 6.07 Å². The highest BCUT2D eigenvalue weighted by Gasteiger charge is 2.17. The van der Waals surface area contributed by atoms with E-state index in [1.165, 1.54) is 49.6 Å². The zero-order valence-electron chi connectivity index (χ0n) is 12.2. The molecule has 0 saturated heterocycles. The fourth-order valence-corrected chi connectivity index (χ4v) is 2.97. The molecule has 0 aliphatic carbocycles. The number of hydrogen-bond acceptors (Lipinski definition) is 5. The summed E-state index contributed by atoms with van der Waals surface area (Å²) in [5.74, 6) is -0.842. The van der Waals surface area contributed by atoms with E-state index in [1.54, 1.807) is 0 Å². The topological polar surface area (TPSA) is 113 Å². The van der Waals surface area contributed by atoms with Crippen molar-refractivity contribution in [2.45, 2.75) is 11.3 Å². The number of anilines is 1. The van der Waals surface area contributed by atoms with Gasteiger partial charge in [-0.25, -0.2) is 8.42 Å². The second-order valence-corrected chi connectivity index (χ2v) is 6.39. The molecule has 23 heavy (non-hydrogen) atoms. The first-order chi connectivity index (χ1) is 10.8. The highest BCUT2D eigenvalue weighted by Crippen LogP contribution is 2.27. The zero-order chi connectivity index (χ0) is 17.0. The number of carboxylic acids is 1. The number of ether oxygens (including phenoxy) is 1. The fourth-order valence-electron chi connectivity index (χ4n) is 1.91. The van der Waals surface area contributed by atoms with Gasteiger partial charge in [0.25, 0.3) is 10.0 Å². The number of aliphatic carboxylic acids is 1. The van der Waals surface area contributed by atoms with Crippen molar-refractivity contribution in [3.05, 3.63) is 48.0 Å². The summed E-state index contributed by atoms with van der Waals surface area (Å²) in [7, 11) is -2.45. The number of aromatic hydroxyl groups is 1. The van der Waals surface area contributed by atoms with Gasteiger partial charge in [-0.05, 0) is 42.0 Å². The molecule has 0 radical (unpaired) electrons. The summed E-state index contributed by atoms with van der Waals surface area (Å²) < 4.78 is 31.8. The Bertz CT molecular complexity index is 814. The quantitative estimate of drug-likeness (QED) is 0.693. The van der Waals surface area contributed by atoms with Gasteiger partial charge in [0.05, 0.1) is 24.1 Å². The minimum absolute atomic E-state index is 0.0127. The van der Waals surface area contributed by atoms with Crippen LogP contribution in [0.2, 0.25) is 0 Å². The largest absolute Gasteiger partial charge is 0.506 e. The highest BCUT2D eigenvalue weighted by molar-refractivity contribution is 7.92. The van der Waals surface area contributed by atoms with Gasteiger partial charge >= 0.3 is 5.97 Å². The molecule has 0 saturated carbocycles. The number of phenols is 1. The van der Waals surface area contributed by atoms with Crippen LogP contribution in [0.25, 0.3) is 0 Å². The molecule has 0 unspecified atom stereocenters. The van der Waals surface area contributed by atoms with Crippen LogP contribution in [0.5, 0.6) is 11.5 Å². The van der Waals surface area contributed by atoms with Crippen molar-refractivity contribution in [1.82, 2.24) is 0 Å². The van der Waals surface area contributed by atoms with E-state index >= 15 is 0 Å². The molecule has 0 bridgehead atoms. The van der Waals surface area contributed by atoms with Crippen molar-refractivity contribution in [2.24, 2.45) is 0 Å². The third-order valence-electron chi connectivity index (χ3n) is 3.03. The number of sulfonamides is 1. The molecular weight excluding hydrogens is 322 g/mol. The van der Waals surface area contributed by atoms with Crippen molar-refractivity contribution in [3.8, 4) is 11.5 Å². The Morgan fingerprint density at radius 3 is 2.39 bits per heavy atom. The number of hydrogen-bond donors (Lipinski definition) is 3. The first kappa shape index (κ1) is 16.6. The lowest BCUT2D eigenvalue weighted by atomic mass is 10.1. The molecule has 2 aromatic carbocycles. The Balaban J connectivity index is 2.30. The van der Waals surface area contributed by atoms with E-state index in [9.17, 15) is 18.3 Å². The molecule has 2 aromatic rings. The first-order valence-corrected chi connectivity index (χ1v) is 8.00. The molecule has 8 heteroatoms. The zero-order valence-corrected chi connectivity index (χ0v) is 13.0. The van der Waals surface area contributed by atoms with Gasteiger partial charge < -0.3 is 14.9 Å². The van der Waals surface area contributed by atoms with Crippen LogP contribution in [-0.4, -0.2) is 31.7 Å². The minimum Gasteiger partial charge on any atom is -0.506 e. The Morgan fingerprint density at radius 1 is 1.17 bits per heavy atom. The molecule has 0 fully saturated rings. The second-order valence-electron chi connectivity index (χ2n) is 4.70. The monoisotopic (exact) mass is 337 g/mol. The number of carboxylic acid groups (broad SMARTS) is 1. The number of methoxy groups -OCH3 is 1. The lowest BCUT2D eigenvalue weighted by Crippen LogP contribution is -2.13. The van der Waals surface area contributed by atoms with Crippen LogP contribution in [0.4, 0.5) is 5.69 Å². The van der Waals surface area contributed by atoms with Crippen molar-refractivity contribution >= 4 is 21.7 Å². The predicted octanol–water partition coefficient (Wildman–Crippen LogP) is 1.83. The fraction of sp³-hybridized carbons (Fsp3) is 0.133. The molecule has 7 nitrogen and oxygen atoms in total. The molecular formula is C15H15NO6S. The number of benzene rings is 2. The Kier molecular flexibility index (Phi) is 4.75. The maximum Gasteiger partial charge on any atom is 0.307 e. The smallest absolute Gasteiger partial charge is 0.307 e. The number of phenolic OH excluding ortho intramolecular Hbond substituents is 1. The lowest BCUT2D eigenvalue weighted by molar-refractivity contribution is -0.136. The number of carbonyl (C=O) groups is 1. The summed E-state index contributed by atoms with van der Waals surface area (Å²) in [6.45, 7) is 0. The normalized spacial score (nSPS) is 11.0. The second kappa shape index (κ2) is 6.57. The molecule has 0 aliphatic heterocycles. The highest BCUT2D eigenvalue weighted by atomic mass is 32.2. The Morgan fingerprint density at radius 2 is 1.83 bits per heavy atom. The Labute approximate surface area is 133 Å². The van der Waals surface area contributed by atoms with Crippen LogP contribution in [-0.2, 0) is 21.2 Å². The van der Waals surface area contributed by atoms with Crippen molar-refractivity contribution in [3.63, 3.8) is 0 Å². The third kappa shape index (κ3) is 4.13. The number of nitrogens with one attached hydrogen (secondary N) is 1. The van der Waals surface area contributed by atoms with E-state index in [-0.39, 0.29) is 22.8 Å². The van der Waals surface area contributed by atoms with Crippen molar-refractivity contribution < 1.29 is 28.2 Å². The van der Waals surface area contributed by atoms with Crippen LogP contribution in [0.3, 0.4) is 0 Å². The van der Waals surface area contributed by atoms with E-state index < -0.39 is 16.0 Å². The minimum atomic E-state index is -3.92. The van der Waals surface area contributed by atoms with Crippen LogP contribution in [0.15, 0.2) is 47.4 Å². The maximum atomic E-state index is 12.3. The summed E-state index contributed by atoms with van der Waals surface area (Å²) in [4.78, 5) is 10.7. The average Bonchev–Trinajstić information content (AvgIpc) is 2.50. The standard InChI is InChI=1S/C15H15NO6S/c1-22-11-3-5-12(6-4-11)23(20,21)16-13-8-10(9-15(18)19)2-7-14(13)17/h2-8,16-17H,9H2,1H3,(H,18,19). The Hall–Kier alpha value is -2.74. The van der Waals surface area contributed by atoms with Crippen molar-refractivity contribution in [1.29, 1.82) is 0 Å². The lowest BCUT2D eigenvalue weighted by Gasteiger charge is -2.11. The third-order valence-corrected chi connectivity index (χ3v) is 4.41. The predicted molar refractivity (Wildman–Crippen MR) is 83.2 cm³/mol. The molecule has 0 heterocycles. The van der Waals surface area contributed by atoms with Gasteiger partial charge in [0.2, 0.25) is 0 Å². The number of rotatable bonds is 6. The molecule has 122 valence electrons. The van der Waals surface area contributed by atoms with Gasteiger partial charge in [-0.15, -0.1) is 0 Å². The summed E-state index contributed by atoms with van der Waals surface area (Å²) >= 11 is 0. The van der Waals surface area contributed by atoms with Crippen LogP contribution in [0.1, 0.15) is 5.56 Å². The molecule has 3 N–H and O–H groups in total. The molecule has 0 spiro atoms. The molecule has 2 rings (SSSR count). The van der Waals surface area contributed by atoms with Gasteiger partial charge in [0.15, 0.2) is 0 Å². The summed E-state index contributed by atoms with van der Waals surface area (Å²) in [5, 5.41) is 18.5. The summed E-state index contributed by atoms with van der Waals surface area (Å²) in [5.41, 5.74) is 0.280. The van der Waals surface area contributed by atoms with E-state index in [2.05, 4.69) is 4.72 Å². The summed E-state index contributed by atoms with van der Waals surface area (Å²) in [6, 6.07) is 9.65. The molecule has 0 aromatic heterocycles. The van der Waals surface area contributed by atoms with Gasteiger partial charge in [-0.3, -0.25) is 9.52 Å². The SMILES string of the molecule is COc1ccc(S(=O)(=O)Nc2cc(CC(=O)O)ccc2O)cc1. The van der Waals surface area contributed by atoms with E-state index in [0.717, 1.165) is 0 Å². The molecule has 0 atom stereocenters. The van der Waals surface area contributed by atoms with Crippen LogP contribution >= 0.6 is 0 Å². The first-order valence-electron chi connectivity index (χ1n) is 6.52. The van der Waals surface area contributed by atoms with Gasteiger partial charge in [0.1, 0.15) is 11.5 Å². The van der Waals surface area contributed by atoms with Crippen LogP contribution in [0, 0.1) is 0 Å². The van der Waals surface area contributed by atoms with Crippen LogP contribution < -0.4 is 9.46 Å². The maximum absolute atomic E-state index is 12.3. The average molecular weight is 337 g/mol.